The fourth-order valence-corrected chi connectivity index (χ4v) is 5.50. The number of pyridine rings is 2. The largest absolute Gasteiger partial charge is 0.493 e. The van der Waals surface area contributed by atoms with Crippen LogP contribution in [0.1, 0.15) is 60.2 Å². The highest BCUT2D eigenvalue weighted by Crippen LogP contribution is 2.38. The maximum atomic E-state index is 13.1. The summed E-state index contributed by atoms with van der Waals surface area (Å²) in [6.45, 7) is 4.43. The van der Waals surface area contributed by atoms with Crippen molar-refractivity contribution in [3.05, 3.63) is 114 Å². The van der Waals surface area contributed by atoms with Crippen molar-refractivity contribution in [3.8, 4) is 17.2 Å². The molecule has 0 saturated carbocycles. The second-order valence-electron chi connectivity index (χ2n) is 12.6. The van der Waals surface area contributed by atoms with Gasteiger partial charge in [-0.05, 0) is 103 Å². The number of methoxy groups -OCH3 is 3. The highest BCUT2D eigenvalue weighted by atomic mass is 19.1. The summed E-state index contributed by atoms with van der Waals surface area (Å²) in [4.78, 5) is 45.7. The summed E-state index contributed by atoms with van der Waals surface area (Å²) in [7, 11) is 5.51. The smallest absolute Gasteiger partial charge is 0.326 e. The molecule has 2 heterocycles. The van der Waals surface area contributed by atoms with Crippen molar-refractivity contribution >= 4 is 17.7 Å². The number of nitrogens with zero attached hydrogens (tertiary/aromatic N) is 3. The van der Waals surface area contributed by atoms with E-state index in [0.29, 0.717) is 6.04 Å². The standard InChI is InChI=1S/C22H24FN3.C18H25NO7/c23-21-5-1-20(2-6-21)17-26-22(7-3-18-9-13-24-14-10-18)8-4-19-11-15-25-16-12-19;1-10(2)7-12(18(22)23)19(3)17(21)15(20)11-8-13(24-4)16(26-6)14(9-11)25-5/h1-2,5-6,9-16,22,26H,3-4,7-8,17H2;8-10,12H,7H2,1-6H3,(H,22,23)/t;12-/m.0/s1. The van der Waals surface area contributed by atoms with Crippen LogP contribution in [0.4, 0.5) is 4.39 Å². The summed E-state index contributed by atoms with van der Waals surface area (Å²) in [6.07, 6.45) is 11.7. The quantitative estimate of drug-likeness (QED) is 0.0905. The highest BCUT2D eigenvalue weighted by Gasteiger charge is 2.32. The monoisotopic (exact) mass is 716 g/mol. The molecule has 2 aromatic heterocycles. The molecule has 0 bridgehead atoms. The average molecular weight is 717 g/mol. The lowest BCUT2D eigenvalue weighted by Crippen LogP contribution is -2.46. The fraction of sp³-hybridized carbons (Fsp3) is 0.375. The molecular weight excluding hydrogens is 667 g/mol. The molecule has 0 aliphatic carbocycles. The molecule has 278 valence electrons. The molecule has 2 N–H and O–H groups in total. The molecule has 0 aliphatic heterocycles. The molecule has 2 aromatic carbocycles. The lowest BCUT2D eigenvalue weighted by molar-refractivity contribution is -0.148. The first kappa shape index (κ1) is 41.1. The first-order valence-electron chi connectivity index (χ1n) is 17.1. The van der Waals surface area contributed by atoms with Gasteiger partial charge in [-0.2, -0.15) is 0 Å². The van der Waals surface area contributed by atoms with E-state index in [0.717, 1.165) is 42.7 Å². The molecule has 0 spiro atoms. The molecule has 0 radical (unpaired) electrons. The number of amides is 1. The number of aliphatic carboxylic acids is 1. The molecule has 0 aliphatic rings. The SMILES string of the molecule is COc1cc(C(=O)C(=O)N(C)[C@@H](CC(C)C)C(=O)O)cc(OC)c1OC.Fc1ccc(CNC(CCc2ccncc2)CCc2ccncc2)cc1. The van der Waals surface area contributed by atoms with E-state index in [1.165, 1.54) is 63.8 Å². The van der Waals surface area contributed by atoms with E-state index in [9.17, 15) is 23.9 Å². The third-order valence-electron chi connectivity index (χ3n) is 8.46. The molecule has 11 nitrogen and oxygen atoms in total. The van der Waals surface area contributed by atoms with Gasteiger partial charge in [-0.25, -0.2) is 9.18 Å². The second-order valence-corrected chi connectivity index (χ2v) is 12.6. The van der Waals surface area contributed by atoms with Crippen LogP contribution in [-0.4, -0.2) is 78.1 Å². The van der Waals surface area contributed by atoms with E-state index in [4.69, 9.17) is 14.2 Å². The van der Waals surface area contributed by atoms with Crippen molar-refractivity contribution in [2.45, 2.75) is 64.6 Å². The van der Waals surface area contributed by atoms with Gasteiger partial charge in [0.15, 0.2) is 11.5 Å². The predicted molar refractivity (Wildman–Crippen MR) is 196 cm³/mol. The van der Waals surface area contributed by atoms with Gasteiger partial charge in [0, 0.05) is 50.0 Å². The van der Waals surface area contributed by atoms with Crippen molar-refractivity contribution in [2.75, 3.05) is 28.4 Å². The number of ether oxygens (including phenoxy) is 3. The van der Waals surface area contributed by atoms with Crippen molar-refractivity contribution in [1.29, 1.82) is 0 Å². The minimum Gasteiger partial charge on any atom is -0.493 e. The Morgan fingerprint density at radius 2 is 1.29 bits per heavy atom. The molecular formula is C40H49FN4O7. The molecule has 4 aromatic rings. The van der Waals surface area contributed by atoms with Crippen LogP contribution in [0.3, 0.4) is 0 Å². The first-order chi connectivity index (χ1) is 25.0. The Kier molecular flexibility index (Phi) is 16.7. The number of hydrogen-bond acceptors (Lipinski definition) is 9. The fourth-order valence-electron chi connectivity index (χ4n) is 5.50. The van der Waals surface area contributed by atoms with Crippen LogP contribution in [0.5, 0.6) is 17.2 Å². The Hall–Kier alpha value is -5.36. The summed E-state index contributed by atoms with van der Waals surface area (Å²) in [5, 5.41) is 13.0. The van der Waals surface area contributed by atoms with E-state index >= 15 is 0 Å². The third-order valence-corrected chi connectivity index (χ3v) is 8.46. The normalized spacial score (nSPS) is 11.3. The number of ketones is 1. The Balaban J connectivity index is 0.000000280. The number of nitrogens with one attached hydrogen (secondary N) is 1. The Morgan fingerprint density at radius 3 is 1.71 bits per heavy atom. The number of hydrogen-bond donors (Lipinski definition) is 2. The Labute approximate surface area is 305 Å². The molecule has 1 atom stereocenters. The topological polar surface area (TPSA) is 140 Å². The molecule has 12 heteroatoms. The van der Waals surface area contributed by atoms with E-state index in [1.807, 2.05) is 50.8 Å². The van der Waals surface area contributed by atoms with Gasteiger partial charge in [-0.3, -0.25) is 19.6 Å². The minimum atomic E-state index is -1.16. The number of aromatic nitrogens is 2. The summed E-state index contributed by atoms with van der Waals surface area (Å²) < 4.78 is 28.6. The molecule has 4 rings (SSSR count). The van der Waals surface area contributed by atoms with Gasteiger partial charge < -0.3 is 29.5 Å². The van der Waals surface area contributed by atoms with Gasteiger partial charge in [0.2, 0.25) is 5.75 Å². The number of aryl methyl sites for hydroxylation is 2. The van der Waals surface area contributed by atoms with Crippen LogP contribution in [0.25, 0.3) is 0 Å². The van der Waals surface area contributed by atoms with Crippen LogP contribution in [0.15, 0.2) is 85.5 Å². The minimum absolute atomic E-state index is 0.0186. The van der Waals surface area contributed by atoms with Crippen molar-refractivity contribution in [3.63, 3.8) is 0 Å². The number of benzene rings is 2. The van der Waals surface area contributed by atoms with Crippen molar-refractivity contribution in [2.24, 2.45) is 5.92 Å². The van der Waals surface area contributed by atoms with Crippen LogP contribution in [-0.2, 0) is 29.0 Å². The predicted octanol–water partition coefficient (Wildman–Crippen LogP) is 6.19. The van der Waals surface area contributed by atoms with E-state index in [1.54, 1.807) is 0 Å². The summed E-state index contributed by atoms with van der Waals surface area (Å²) in [5.74, 6) is -2.36. The summed E-state index contributed by atoms with van der Waals surface area (Å²) in [6, 6.07) is 17.0. The van der Waals surface area contributed by atoms with E-state index < -0.39 is 23.7 Å². The number of rotatable bonds is 18. The molecule has 0 fully saturated rings. The number of carboxylic acids is 1. The highest BCUT2D eigenvalue weighted by molar-refractivity contribution is 6.43. The molecule has 1 amide bonds. The maximum Gasteiger partial charge on any atom is 0.326 e. The number of likely N-dealkylation sites (N-methyl/N-ethyl adjacent to an activating group) is 1. The molecule has 52 heavy (non-hydrogen) atoms. The number of carboxylic acid groups (broad SMARTS) is 1. The molecule has 0 unspecified atom stereocenters. The van der Waals surface area contributed by atoms with Crippen LogP contribution >= 0.6 is 0 Å². The van der Waals surface area contributed by atoms with Crippen LogP contribution in [0, 0.1) is 11.7 Å². The number of Topliss-reactive ketones (excluding diaryl/α,β-unsaturated/α-hetero) is 1. The number of carbonyl (C=O) groups excluding carboxylic acids is 2. The lowest BCUT2D eigenvalue weighted by atomic mass is 9.99. The van der Waals surface area contributed by atoms with E-state index in [2.05, 4.69) is 39.6 Å². The van der Waals surface area contributed by atoms with Crippen molar-refractivity contribution in [1.82, 2.24) is 20.2 Å². The van der Waals surface area contributed by atoms with Gasteiger partial charge in [0.1, 0.15) is 11.9 Å². The Bertz CT molecular complexity index is 1640. The zero-order chi connectivity index (χ0) is 38.0. The van der Waals surface area contributed by atoms with Gasteiger partial charge in [0.25, 0.3) is 11.7 Å². The average Bonchev–Trinajstić information content (AvgIpc) is 3.16. The van der Waals surface area contributed by atoms with Gasteiger partial charge >= 0.3 is 5.97 Å². The Morgan fingerprint density at radius 1 is 0.788 bits per heavy atom. The van der Waals surface area contributed by atoms with Crippen LogP contribution in [0.2, 0.25) is 0 Å². The maximum absolute atomic E-state index is 13.1. The van der Waals surface area contributed by atoms with Gasteiger partial charge in [0.05, 0.1) is 21.3 Å². The molecule has 0 saturated heterocycles. The summed E-state index contributed by atoms with van der Waals surface area (Å²) in [5.41, 5.74) is 3.73. The third kappa shape index (κ3) is 12.8. The number of carbonyl (C=O) groups is 3. The van der Waals surface area contributed by atoms with Gasteiger partial charge in [-0.15, -0.1) is 0 Å². The summed E-state index contributed by atoms with van der Waals surface area (Å²) >= 11 is 0. The van der Waals surface area contributed by atoms with Gasteiger partial charge in [-0.1, -0.05) is 26.0 Å². The van der Waals surface area contributed by atoms with Crippen molar-refractivity contribution < 1.29 is 38.1 Å². The lowest BCUT2D eigenvalue weighted by Gasteiger charge is -2.25. The second kappa shape index (κ2) is 21.1. The van der Waals surface area contributed by atoms with E-state index in [-0.39, 0.29) is 41.0 Å². The first-order valence-corrected chi connectivity index (χ1v) is 17.1. The zero-order valence-corrected chi connectivity index (χ0v) is 30.7. The zero-order valence-electron chi connectivity index (χ0n) is 30.7. The number of halogens is 1. The van der Waals surface area contributed by atoms with Crippen LogP contribution < -0.4 is 19.5 Å².